The summed E-state index contributed by atoms with van der Waals surface area (Å²) in [5.41, 5.74) is 1.04. The van der Waals surface area contributed by atoms with Crippen LogP contribution in [0.5, 0.6) is 0 Å². The number of thiazole rings is 1. The standard InChI is InChI=1S/C14H18N2OS2/c1-4-12-5-6-14(19-12)13(17)8-16(3)7-11-9-18-10(2)15-11/h5-6,9H,4,7-8H2,1-3H3. The summed E-state index contributed by atoms with van der Waals surface area (Å²) in [5.74, 6) is 0.194. The first-order chi connectivity index (χ1) is 9.08. The summed E-state index contributed by atoms with van der Waals surface area (Å²) in [4.78, 5) is 20.7. The Bertz CT molecular complexity index is 559. The number of rotatable bonds is 6. The highest BCUT2D eigenvalue weighted by atomic mass is 32.1. The summed E-state index contributed by atoms with van der Waals surface area (Å²) in [7, 11) is 1.96. The molecular weight excluding hydrogens is 276 g/mol. The molecule has 0 amide bonds. The first-order valence-electron chi connectivity index (χ1n) is 6.30. The van der Waals surface area contributed by atoms with Crippen molar-refractivity contribution in [2.45, 2.75) is 26.8 Å². The third-order valence-electron chi connectivity index (χ3n) is 2.80. The number of aryl methyl sites for hydroxylation is 2. The van der Waals surface area contributed by atoms with E-state index in [1.54, 1.807) is 22.7 Å². The van der Waals surface area contributed by atoms with Gasteiger partial charge in [0.05, 0.1) is 22.1 Å². The molecule has 102 valence electrons. The third kappa shape index (κ3) is 3.96. The van der Waals surface area contributed by atoms with E-state index in [2.05, 4.69) is 17.3 Å². The van der Waals surface area contributed by atoms with Crippen molar-refractivity contribution in [2.75, 3.05) is 13.6 Å². The van der Waals surface area contributed by atoms with Gasteiger partial charge >= 0.3 is 0 Å². The Labute approximate surface area is 121 Å². The van der Waals surface area contributed by atoms with Crippen molar-refractivity contribution in [3.8, 4) is 0 Å². The molecule has 0 bridgehead atoms. The van der Waals surface area contributed by atoms with Gasteiger partial charge in [-0.3, -0.25) is 9.69 Å². The molecule has 2 heterocycles. The van der Waals surface area contributed by atoms with Crippen molar-refractivity contribution in [3.05, 3.63) is 38.0 Å². The molecule has 0 spiro atoms. The molecule has 0 aromatic carbocycles. The molecule has 0 fully saturated rings. The fourth-order valence-electron chi connectivity index (χ4n) is 1.85. The highest BCUT2D eigenvalue weighted by Gasteiger charge is 2.12. The number of carbonyl (C=O) groups is 1. The summed E-state index contributed by atoms with van der Waals surface area (Å²) < 4.78 is 0. The van der Waals surface area contributed by atoms with Gasteiger partial charge in [-0.1, -0.05) is 6.92 Å². The van der Waals surface area contributed by atoms with Crippen molar-refractivity contribution in [3.63, 3.8) is 0 Å². The number of aromatic nitrogens is 1. The second kappa shape index (κ2) is 6.41. The number of Topliss-reactive ketones (excluding diaryl/α,β-unsaturated/α-hetero) is 1. The van der Waals surface area contributed by atoms with Crippen molar-refractivity contribution in [1.82, 2.24) is 9.88 Å². The number of hydrogen-bond donors (Lipinski definition) is 0. The van der Waals surface area contributed by atoms with E-state index in [1.165, 1.54) is 4.88 Å². The zero-order valence-electron chi connectivity index (χ0n) is 11.5. The molecular formula is C14H18N2OS2. The lowest BCUT2D eigenvalue weighted by Gasteiger charge is -2.13. The van der Waals surface area contributed by atoms with Gasteiger partial charge in [-0.05, 0) is 32.5 Å². The highest BCUT2D eigenvalue weighted by molar-refractivity contribution is 7.14. The molecule has 0 atom stereocenters. The van der Waals surface area contributed by atoms with Crippen molar-refractivity contribution < 1.29 is 4.79 Å². The summed E-state index contributed by atoms with van der Waals surface area (Å²) >= 11 is 3.25. The number of ketones is 1. The minimum absolute atomic E-state index is 0.194. The predicted octanol–water partition coefficient (Wildman–Crippen LogP) is 3.39. The Hall–Kier alpha value is -1.04. The minimum atomic E-state index is 0.194. The average molecular weight is 294 g/mol. The molecule has 0 aliphatic carbocycles. The molecule has 5 heteroatoms. The normalized spacial score (nSPS) is 11.2. The van der Waals surface area contributed by atoms with Crippen molar-refractivity contribution >= 4 is 28.5 Å². The first kappa shape index (κ1) is 14.4. The Morgan fingerprint density at radius 3 is 2.79 bits per heavy atom. The molecule has 0 aliphatic rings. The van der Waals surface area contributed by atoms with E-state index >= 15 is 0 Å². The van der Waals surface area contributed by atoms with Crippen LogP contribution in [0.15, 0.2) is 17.5 Å². The highest BCUT2D eigenvalue weighted by Crippen LogP contribution is 2.18. The first-order valence-corrected chi connectivity index (χ1v) is 7.99. The molecule has 0 unspecified atom stereocenters. The Balaban J connectivity index is 1.91. The molecule has 2 aromatic heterocycles. The molecule has 0 aliphatic heterocycles. The SMILES string of the molecule is CCc1ccc(C(=O)CN(C)Cc2csc(C)n2)s1. The summed E-state index contributed by atoms with van der Waals surface area (Å²) in [5, 5.41) is 3.12. The maximum atomic E-state index is 12.1. The van der Waals surface area contributed by atoms with Gasteiger partial charge in [-0.15, -0.1) is 22.7 Å². The molecule has 0 radical (unpaired) electrons. The van der Waals surface area contributed by atoms with E-state index in [4.69, 9.17) is 0 Å². The number of thiophene rings is 1. The topological polar surface area (TPSA) is 33.2 Å². The van der Waals surface area contributed by atoms with Crippen LogP contribution in [-0.4, -0.2) is 29.3 Å². The van der Waals surface area contributed by atoms with Crippen LogP contribution in [0.2, 0.25) is 0 Å². The number of carbonyl (C=O) groups excluding carboxylic acids is 1. The molecule has 0 saturated carbocycles. The van der Waals surface area contributed by atoms with Crippen LogP contribution in [0.25, 0.3) is 0 Å². The number of likely N-dealkylation sites (N-methyl/N-ethyl adjacent to an activating group) is 1. The molecule has 0 saturated heterocycles. The van der Waals surface area contributed by atoms with Gasteiger partial charge in [0.25, 0.3) is 0 Å². The van der Waals surface area contributed by atoms with E-state index in [-0.39, 0.29) is 5.78 Å². The van der Waals surface area contributed by atoms with E-state index in [9.17, 15) is 4.79 Å². The summed E-state index contributed by atoms with van der Waals surface area (Å²) in [6.45, 7) is 5.27. The maximum absolute atomic E-state index is 12.1. The fraction of sp³-hybridized carbons (Fsp3) is 0.429. The average Bonchev–Trinajstić information content (AvgIpc) is 2.98. The van der Waals surface area contributed by atoms with Crippen molar-refractivity contribution in [2.24, 2.45) is 0 Å². The minimum Gasteiger partial charge on any atom is -0.293 e. The van der Waals surface area contributed by atoms with E-state index in [1.807, 2.05) is 31.0 Å². The zero-order valence-corrected chi connectivity index (χ0v) is 13.1. The zero-order chi connectivity index (χ0) is 13.8. The molecule has 3 nitrogen and oxygen atoms in total. The van der Waals surface area contributed by atoms with Gasteiger partial charge in [0.15, 0.2) is 5.78 Å². The van der Waals surface area contributed by atoms with Gasteiger partial charge in [0, 0.05) is 16.8 Å². The quantitative estimate of drug-likeness (QED) is 0.766. The van der Waals surface area contributed by atoms with Gasteiger partial charge in [-0.2, -0.15) is 0 Å². The third-order valence-corrected chi connectivity index (χ3v) is 4.89. The van der Waals surface area contributed by atoms with Crippen LogP contribution < -0.4 is 0 Å². The second-order valence-electron chi connectivity index (χ2n) is 4.57. The smallest absolute Gasteiger partial charge is 0.186 e. The predicted molar refractivity (Wildman–Crippen MR) is 81.2 cm³/mol. The van der Waals surface area contributed by atoms with Crippen LogP contribution in [0.1, 0.15) is 32.2 Å². The number of nitrogens with zero attached hydrogens (tertiary/aromatic N) is 2. The summed E-state index contributed by atoms with van der Waals surface area (Å²) in [6.07, 6.45) is 0.992. The fourth-order valence-corrected chi connectivity index (χ4v) is 3.34. The lowest BCUT2D eigenvalue weighted by Crippen LogP contribution is -2.25. The Morgan fingerprint density at radius 1 is 1.42 bits per heavy atom. The molecule has 0 N–H and O–H groups in total. The number of hydrogen-bond acceptors (Lipinski definition) is 5. The Morgan fingerprint density at radius 2 is 2.21 bits per heavy atom. The van der Waals surface area contributed by atoms with E-state index in [0.29, 0.717) is 6.54 Å². The largest absolute Gasteiger partial charge is 0.293 e. The second-order valence-corrected chi connectivity index (χ2v) is 6.80. The van der Waals surface area contributed by atoms with Gasteiger partial charge in [0.1, 0.15) is 0 Å². The van der Waals surface area contributed by atoms with E-state index in [0.717, 1.165) is 28.5 Å². The molecule has 2 aromatic rings. The van der Waals surface area contributed by atoms with Gasteiger partial charge in [0.2, 0.25) is 0 Å². The lowest BCUT2D eigenvalue weighted by molar-refractivity contribution is 0.0946. The van der Waals surface area contributed by atoms with Crippen molar-refractivity contribution in [1.29, 1.82) is 0 Å². The molecule has 2 rings (SSSR count). The van der Waals surface area contributed by atoms with Gasteiger partial charge < -0.3 is 0 Å². The lowest BCUT2D eigenvalue weighted by atomic mass is 10.3. The van der Waals surface area contributed by atoms with E-state index < -0.39 is 0 Å². The monoisotopic (exact) mass is 294 g/mol. The van der Waals surface area contributed by atoms with Crippen LogP contribution in [-0.2, 0) is 13.0 Å². The van der Waals surface area contributed by atoms with Crippen LogP contribution in [0.3, 0.4) is 0 Å². The van der Waals surface area contributed by atoms with Crippen LogP contribution >= 0.6 is 22.7 Å². The maximum Gasteiger partial charge on any atom is 0.186 e. The van der Waals surface area contributed by atoms with Gasteiger partial charge in [-0.25, -0.2) is 4.98 Å². The Kier molecular flexibility index (Phi) is 4.85. The summed E-state index contributed by atoms with van der Waals surface area (Å²) in [6, 6.07) is 3.98. The molecule has 19 heavy (non-hydrogen) atoms. The van der Waals surface area contributed by atoms with Crippen LogP contribution in [0.4, 0.5) is 0 Å². The van der Waals surface area contributed by atoms with Crippen LogP contribution in [0, 0.1) is 6.92 Å².